The van der Waals surface area contributed by atoms with Crippen molar-refractivity contribution < 1.29 is 18.9 Å². The van der Waals surface area contributed by atoms with Gasteiger partial charge < -0.3 is 9.15 Å². The lowest BCUT2D eigenvalue weighted by molar-refractivity contribution is -0.384. The van der Waals surface area contributed by atoms with E-state index in [1.807, 2.05) is 6.92 Å². The highest BCUT2D eigenvalue weighted by Crippen LogP contribution is 2.32. The minimum atomic E-state index is -0.479. The van der Waals surface area contributed by atoms with E-state index < -0.39 is 4.92 Å². The Morgan fingerprint density at radius 3 is 2.52 bits per heavy atom. The third-order valence-corrected chi connectivity index (χ3v) is 4.01. The number of non-ortho nitro benzene ring substituents is 1. The van der Waals surface area contributed by atoms with Gasteiger partial charge in [-0.25, -0.2) is 0 Å². The van der Waals surface area contributed by atoms with E-state index in [4.69, 9.17) is 9.15 Å². The first-order valence-electron chi connectivity index (χ1n) is 7.93. The Kier molecular flexibility index (Phi) is 4.52. The van der Waals surface area contributed by atoms with Crippen LogP contribution in [0, 0.1) is 10.1 Å². The van der Waals surface area contributed by atoms with Crippen LogP contribution >= 0.6 is 0 Å². The number of nitro groups is 1. The molecule has 2 aromatic carbocycles. The van der Waals surface area contributed by atoms with E-state index in [0.29, 0.717) is 40.0 Å². The van der Waals surface area contributed by atoms with Crippen LogP contribution in [0.5, 0.6) is 5.75 Å². The normalized spacial score (nSPS) is 10.8. The standard InChI is InChI=1S/C19H17NO5/c1-3-4-17-18(19(21)12-5-8-14(24-2)9-6-12)15-11-13(20(22)23)7-10-16(15)25-17/h5-11H,3-4H2,1-2H3. The van der Waals surface area contributed by atoms with Crippen molar-refractivity contribution in [2.75, 3.05) is 7.11 Å². The fraction of sp³-hybridized carbons (Fsp3) is 0.211. The van der Waals surface area contributed by atoms with Gasteiger partial charge in [0, 0.05) is 29.5 Å². The topological polar surface area (TPSA) is 82.6 Å². The van der Waals surface area contributed by atoms with Gasteiger partial charge in [0.05, 0.1) is 17.6 Å². The van der Waals surface area contributed by atoms with Crippen LogP contribution in [-0.4, -0.2) is 17.8 Å². The Morgan fingerprint density at radius 2 is 1.92 bits per heavy atom. The van der Waals surface area contributed by atoms with Crippen LogP contribution in [0.1, 0.15) is 35.0 Å². The number of furan rings is 1. The summed E-state index contributed by atoms with van der Waals surface area (Å²) >= 11 is 0. The molecule has 0 aliphatic carbocycles. The summed E-state index contributed by atoms with van der Waals surface area (Å²) in [5, 5.41) is 11.5. The fourth-order valence-corrected chi connectivity index (χ4v) is 2.79. The summed E-state index contributed by atoms with van der Waals surface area (Å²) < 4.78 is 10.9. The van der Waals surface area contributed by atoms with Gasteiger partial charge in [-0.3, -0.25) is 14.9 Å². The molecule has 0 saturated heterocycles. The number of benzene rings is 2. The summed E-state index contributed by atoms with van der Waals surface area (Å²) in [7, 11) is 1.55. The maximum atomic E-state index is 13.0. The molecule has 6 nitrogen and oxygen atoms in total. The monoisotopic (exact) mass is 339 g/mol. The lowest BCUT2D eigenvalue weighted by atomic mass is 9.98. The molecule has 0 aliphatic heterocycles. The van der Waals surface area contributed by atoms with Crippen molar-refractivity contribution >= 4 is 22.4 Å². The number of rotatable bonds is 6. The van der Waals surface area contributed by atoms with Crippen molar-refractivity contribution in [2.45, 2.75) is 19.8 Å². The Morgan fingerprint density at radius 1 is 1.20 bits per heavy atom. The van der Waals surface area contributed by atoms with Gasteiger partial charge in [0.15, 0.2) is 5.78 Å². The number of hydrogen-bond donors (Lipinski definition) is 0. The smallest absolute Gasteiger partial charge is 0.270 e. The molecule has 25 heavy (non-hydrogen) atoms. The predicted molar refractivity (Wildman–Crippen MR) is 93.3 cm³/mol. The zero-order chi connectivity index (χ0) is 18.0. The quantitative estimate of drug-likeness (QED) is 0.374. The molecular formula is C19H17NO5. The van der Waals surface area contributed by atoms with Crippen LogP contribution in [0.15, 0.2) is 46.9 Å². The van der Waals surface area contributed by atoms with Gasteiger partial charge in [-0.2, -0.15) is 0 Å². The first-order chi connectivity index (χ1) is 12.0. The summed E-state index contributed by atoms with van der Waals surface area (Å²) in [5.74, 6) is 0.988. The zero-order valence-electron chi connectivity index (χ0n) is 13.9. The highest BCUT2D eigenvalue weighted by atomic mass is 16.6. The second-order valence-electron chi connectivity index (χ2n) is 5.65. The van der Waals surface area contributed by atoms with Gasteiger partial charge >= 0.3 is 0 Å². The number of fused-ring (bicyclic) bond motifs is 1. The van der Waals surface area contributed by atoms with E-state index >= 15 is 0 Å². The first kappa shape index (κ1) is 16.7. The van der Waals surface area contributed by atoms with E-state index in [0.717, 1.165) is 6.42 Å². The first-order valence-corrected chi connectivity index (χ1v) is 7.93. The average molecular weight is 339 g/mol. The summed E-state index contributed by atoms with van der Waals surface area (Å²) in [6.45, 7) is 1.98. The van der Waals surface area contributed by atoms with E-state index in [9.17, 15) is 14.9 Å². The van der Waals surface area contributed by atoms with Gasteiger partial charge in [0.2, 0.25) is 0 Å². The predicted octanol–water partition coefficient (Wildman–Crippen LogP) is 4.53. The molecular weight excluding hydrogens is 322 g/mol. The third kappa shape index (κ3) is 3.10. The summed E-state index contributed by atoms with van der Waals surface area (Å²) in [6, 6.07) is 11.1. The summed E-state index contributed by atoms with van der Waals surface area (Å²) in [4.78, 5) is 23.6. The SMILES string of the molecule is CCCc1oc2ccc([N+](=O)[O-])cc2c1C(=O)c1ccc(OC)cc1. The molecule has 1 heterocycles. The molecule has 0 saturated carbocycles. The van der Waals surface area contributed by atoms with E-state index in [1.165, 1.54) is 18.2 Å². The Labute approximate surface area is 144 Å². The molecule has 0 fully saturated rings. The number of carbonyl (C=O) groups excluding carboxylic acids is 1. The lowest BCUT2D eigenvalue weighted by Gasteiger charge is -2.04. The van der Waals surface area contributed by atoms with Gasteiger partial charge in [0.1, 0.15) is 17.1 Å². The van der Waals surface area contributed by atoms with Gasteiger partial charge in [-0.05, 0) is 36.8 Å². The molecule has 0 spiro atoms. The number of carbonyl (C=O) groups is 1. The number of methoxy groups -OCH3 is 1. The molecule has 0 radical (unpaired) electrons. The van der Waals surface area contributed by atoms with Gasteiger partial charge in [0.25, 0.3) is 5.69 Å². The maximum absolute atomic E-state index is 13.0. The molecule has 0 N–H and O–H groups in total. The van der Waals surface area contributed by atoms with Crippen LogP contribution < -0.4 is 4.74 Å². The summed E-state index contributed by atoms with van der Waals surface area (Å²) in [5.41, 5.74) is 1.28. The number of hydrogen-bond acceptors (Lipinski definition) is 5. The minimum Gasteiger partial charge on any atom is -0.497 e. The molecule has 0 bridgehead atoms. The largest absolute Gasteiger partial charge is 0.497 e. The van der Waals surface area contributed by atoms with E-state index in [-0.39, 0.29) is 11.5 Å². The van der Waals surface area contributed by atoms with Crippen LogP contribution in [-0.2, 0) is 6.42 Å². The Bertz CT molecular complexity index is 940. The molecule has 0 aliphatic rings. The van der Waals surface area contributed by atoms with Crippen molar-refractivity contribution in [3.05, 3.63) is 69.5 Å². The molecule has 3 rings (SSSR count). The number of nitrogens with zero attached hydrogens (tertiary/aromatic N) is 1. The molecule has 0 atom stereocenters. The number of ketones is 1. The van der Waals surface area contributed by atoms with Crippen LogP contribution in [0.25, 0.3) is 11.0 Å². The van der Waals surface area contributed by atoms with Crippen molar-refractivity contribution in [1.29, 1.82) is 0 Å². The number of nitro benzene ring substituents is 1. The molecule has 128 valence electrons. The third-order valence-electron chi connectivity index (χ3n) is 4.01. The molecule has 0 unspecified atom stereocenters. The second-order valence-corrected chi connectivity index (χ2v) is 5.65. The molecule has 6 heteroatoms. The molecule has 0 amide bonds. The van der Waals surface area contributed by atoms with Crippen LogP contribution in [0.2, 0.25) is 0 Å². The second kappa shape index (κ2) is 6.76. The maximum Gasteiger partial charge on any atom is 0.270 e. The minimum absolute atomic E-state index is 0.0693. The Hall–Kier alpha value is -3.15. The van der Waals surface area contributed by atoms with E-state index in [2.05, 4.69) is 0 Å². The Balaban J connectivity index is 2.16. The van der Waals surface area contributed by atoms with E-state index in [1.54, 1.807) is 31.4 Å². The van der Waals surface area contributed by atoms with Crippen LogP contribution in [0.3, 0.4) is 0 Å². The number of aryl methyl sites for hydroxylation is 1. The van der Waals surface area contributed by atoms with Crippen molar-refractivity contribution in [3.63, 3.8) is 0 Å². The van der Waals surface area contributed by atoms with Crippen molar-refractivity contribution in [3.8, 4) is 5.75 Å². The summed E-state index contributed by atoms with van der Waals surface area (Å²) in [6.07, 6.45) is 1.38. The van der Waals surface area contributed by atoms with Crippen molar-refractivity contribution in [2.24, 2.45) is 0 Å². The lowest BCUT2D eigenvalue weighted by Crippen LogP contribution is -2.04. The fourth-order valence-electron chi connectivity index (χ4n) is 2.79. The highest BCUT2D eigenvalue weighted by molar-refractivity contribution is 6.17. The molecule has 3 aromatic rings. The van der Waals surface area contributed by atoms with Crippen molar-refractivity contribution in [1.82, 2.24) is 0 Å². The van der Waals surface area contributed by atoms with Gasteiger partial charge in [-0.15, -0.1) is 0 Å². The molecule has 1 aromatic heterocycles. The van der Waals surface area contributed by atoms with Crippen LogP contribution in [0.4, 0.5) is 5.69 Å². The number of ether oxygens (including phenoxy) is 1. The highest BCUT2D eigenvalue weighted by Gasteiger charge is 2.23. The zero-order valence-corrected chi connectivity index (χ0v) is 13.9. The van der Waals surface area contributed by atoms with Gasteiger partial charge in [-0.1, -0.05) is 6.92 Å². The average Bonchev–Trinajstić information content (AvgIpc) is 2.98.